The number of rotatable bonds is 5. The molecular weight excluding hydrogens is 412 g/mol. The minimum absolute atomic E-state index is 0.0343. The van der Waals surface area contributed by atoms with E-state index in [1.165, 1.54) is 29.2 Å². The fourth-order valence-corrected chi connectivity index (χ4v) is 4.91. The molecule has 1 N–H and O–H groups in total. The third-order valence-corrected chi connectivity index (χ3v) is 6.62. The van der Waals surface area contributed by atoms with Gasteiger partial charge in [-0.15, -0.1) is 11.3 Å². The molecule has 26 heavy (non-hydrogen) atoms. The van der Waals surface area contributed by atoms with E-state index < -0.39 is 10.0 Å². The van der Waals surface area contributed by atoms with Crippen LogP contribution in [0.15, 0.2) is 45.8 Å². The maximum absolute atomic E-state index is 12.8. The summed E-state index contributed by atoms with van der Waals surface area (Å²) in [5.74, 6) is 0.388. The molecule has 0 radical (unpaired) electrons. The Morgan fingerprint density at radius 3 is 2.73 bits per heavy atom. The molecule has 0 atom stereocenters. The van der Waals surface area contributed by atoms with Gasteiger partial charge in [-0.2, -0.15) is 18.7 Å². The van der Waals surface area contributed by atoms with Gasteiger partial charge in [-0.25, -0.2) is 18.1 Å². The average Bonchev–Trinajstić information content (AvgIpc) is 3.32. The van der Waals surface area contributed by atoms with Crippen LogP contribution in [-0.2, 0) is 10.0 Å². The van der Waals surface area contributed by atoms with Crippen molar-refractivity contribution in [2.24, 2.45) is 0 Å². The zero-order valence-electron chi connectivity index (χ0n) is 13.1. The molecule has 0 unspecified atom stereocenters. The number of fused-ring (bicyclic) bond motifs is 1. The van der Waals surface area contributed by atoms with Gasteiger partial charge in [-0.3, -0.25) is 0 Å². The van der Waals surface area contributed by atoms with Crippen LogP contribution in [-0.4, -0.2) is 38.4 Å². The molecule has 0 aliphatic heterocycles. The maximum atomic E-state index is 12.8. The summed E-state index contributed by atoms with van der Waals surface area (Å²) >= 11 is 3.73. The summed E-state index contributed by atoms with van der Waals surface area (Å²) in [6.07, 6.45) is 1.81. The lowest BCUT2D eigenvalue weighted by atomic mass is 10.3. The Balaban J connectivity index is 1.76. The molecule has 0 fully saturated rings. The van der Waals surface area contributed by atoms with Crippen molar-refractivity contribution in [2.75, 3.05) is 11.0 Å². The molecule has 1 aromatic carbocycles. The van der Waals surface area contributed by atoms with Crippen molar-refractivity contribution in [3.8, 4) is 10.7 Å². The van der Waals surface area contributed by atoms with Crippen LogP contribution in [0.4, 0.5) is 5.95 Å². The quantitative estimate of drug-likeness (QED) is 0.488. The van der Waals surface area contributed by atoms with Crippen molar-refractivity contribution in [2.45, 2.75) is 10.1 Å². The van der Waals surface area contributed by atoms with Crippen molar-refractivity contribution in [1.82, 2.24) is 23.7 Å². The van der Waals surface area contributed by atoms with E-state index in [1.54, 1.807) is 12.1 Å². The van der Waals surface area contributed by atoms with E-state index in [0.717, 1.165) is 16.6 Å². The minimum atomic E-state index is -3.92. The number of benzene rings is 1. The summed E-state index contributed by atoms with van der Waals surface area (Å²) in [6.45, 7) is 0. The molecule has 0 saturated heterocycles. The molecule has 4 aromatic rings. The lowest BCUT2D eigenvalue weighted by molar-refractivity contribution is 0.601. The number of nitrogens with one attached hydrogen (secondary N) is 1. The average molecular weight is 423 g/mol. The van der Waals surface area contributed by atoms with Gasteiger partial charge in [0.25, 0.3) is 10.0 Å². The first kappa shape index (κ1) is 17.3. The number of anilines is 1. The molecule has 3 heterocycles. The number of nitrogens with zero attached hydrogens (tertiary/aromatic N) is 5. The van der Waals surface area contributed by atoms with E-state index in [0.29, 0.717) is 22.0 Å². The Kier molecular flexibility index (Phi) is 4.56. The third-order valence-electron chi connectivity index (χ3n) is 3.30. The fourth-order valence-electron chi connectivity index (χ4n) is 2.18. The molecule has 0 aliphatic rings. The van der Waals surface area contributed by atoms with E-state index >= 15 is 0 Å². The van der Waals surface area contributed by atoms with Crippen molar-refractivity contribution >= 4 is 61.8 Å². The molecule has 3 aromatic heterocycles. The number of aromatic nitrogens is 5. The van der Waals surface area contributed by atoms with E-state index in [9.17, 15) is 8.42 Å². The molecule has 4 rings (SSSR count). The second-order valence-electron chi connectivity index (χ2n) is 4.94. The van der Waals surface area contributed by atoms with Gasteiger partial charge in [0.1, 0.15) is 15.9 Å². The highest BCUT2D eigenvalue weighted by Crippen LogP contribution is 2.26. The highest BCUT2D eigenvalue weighted by molar-refractivity contribution is 7.98. The second kappa shape index (κ2) is 6.87. The first-order chi connectivity index (χ1) is 12.6. The summed E-state index contributed by atoms with van der Waals surface area (Å²) in [5, 5.41) is 2.33. The van der Waals surface area contributed by atoms with Crippen molar-refractivity contribution in [1.29, 1.82) is 0 Å². The normalized spacial score (nSPS) is 11.7. The number of sulfonamides is 1. The Bertz CT molecular complexity index is 1170. The lowest BCUT2D eigenvalue weighted by Crippen LogP contribution is -2.16. The van der Waals surface area contributed by atoms with E-state index in [2.05, 4.69) is 28.4 Å². The van der Waals surface area contributed by atoms with Crippen LogP contribution in [0.2, 0.25) is 0 Å². The van der Waals surface area contributed by atoms with Crippen molar-refractivity contribution in [3.63, 3.8) is 0 Å². The van der Waals surface area contributed by atoms with Crippen LogP contribution in [0.5, 0.6) is 0 Å². The molecule has 0 spiro atoms. The standard InChI is InChI=1S/C14H10N6O2S4/c1-23-14-16-12(9-5-3-7-24-9)15-13(17-14)20-26(21,22)10-6-2-4-8-11(10)19-25-18-8/h2-7H,1H3,(H,15,16,17,20). The highest BCUT2D eigenvalue weighted by atomic mass is 32.2. The number of hydrogen-bond donors (Lipinski definition) is 1. The monoisotopic (exact) mass is 422 g/mol. The summed E-state index contributed by atoms with van der Waals surface area (Å²) in [5.41, 5.74) is 0.847. The molecule has 8 nitrogen and oxygen atoms in total. The third kappa shape index (κ3) is 3.28. The van der Waals surface area contributed by atoms with Crippen molar-refractivity contribution in [3.05, 3.63) is 35.7 Å². The fraction of sp³-hybridized carbons (Fsp3) is 0.0714. The van der Waals surface area contributed by atoms with E-state index in [-0.39, 0.29) is 10.8 Å². The molecular formula is C14H10N6O2S4. The Morgan fingerprint density at radius 2 is 1.96 bits per heavy atom. The van der Waals surface area contributed by atoms with Gasteiger partial charge in [-0.1, -0.05) is 23.9 Å². The van der Waals surface area contributed by atoms with Crippen LogP contribution >= 0.6 is 34.8 Å². The van der Waals surface area contributed by atoms with Gasteiger partial charge < -0.3 is 0 Å². The van der Waals surface area contributed by atoms with E-state index in [4.69, 9.17) is 0 Å². The molecule has 0 saturated carbocycles. The van der Waals surface area contributed by atoms with Crippen LogP contribution in [0.3, 0.4) is 0 Å². The number of thiophene rings is 1. The van der Waals surface area contributed by atoms with Crippen LogP contribution in [0.25, 0.3) is 21.7 Å². The molecule has 132 valence electrons. The van der Waals surface area contributed by atoms with E-state index in [1.807, 2.05) is 23.8 Å². The largest absolute Gasteiger partial charge is 0.266 e. The Hall–Kier alpha value is -2.15. The number of thioether (sulfide) groups is 1. The number of hydrogen-bond acceptors (Lipinski definition) is 10. The molecule has 0 aliphatic carbocycles. The molecule has 0 bridgehead atoms. The lowest BCUT2D eigenvalue weighted by Gasteiger charge is -2.08. The van der Waals surface area contributed by atoms with Crippen LogP contribution < -0.4 is 4.72 Å². The zero-order valence-corrected chi connectivity index (χ0v) is 16.4. The topological polar surface area (TPSA) is 111 Å². The van der Waals surface area contributed by atoms with Crippen LogP contribution in [0, 0.1) is 0 Å². The summed E-state index contributed by atoms with van der Waals surface area (Å²) in [7, 11) is -3.92. The first-order valence-electron chi connectivity index (χ1n) is 7.15. The van der Waals surface area contributed by atoms with Gasteiger partial charge in [0, 0.05) is 0 Å². The predicted octanol–water partition coefficient (Wildman–Crippen LogP) is 3.13. The van der Waals surface area contributed by atoms with Gasteiger partial charge in [0.2, 0.25) is 5.95 Å². The maximum Gasteiger partial charge on any atom is 0.266 e. The predicted molar refractivity (Wildman–Crippen MR) is 103 cm³/mol. The summed E-state index contributed by atoms with van der Waals surface area (Å²) in [6, 6.07) is 8.55. The van der Waals surface area contributed by atoms with Gasteiger partial charge in [0.05, 0.1) is 16.6 Å². The van der Waals surface area contributed by atoms with Gasteiger partial charge >= 0.3 is 0 Å². The Morgan fingerprint density at radius 1 is 1.08 bits per heavy atom. The second-order valence-corrected chi connectivity index (χ2v) is 8.84. The molecule has 12 heteroatoms. The van der Waals surface area contributed by atoms with Crippen LogP contribution in [0.1, 0.15) is 0 Å². The van der Waals surface area contributed by atoms with Gasteiger partial charge in [0.15, 0.2) is 11.0 Å². The van der Waals surface area contributed by atoms with Gasteiger partial charge in [-0.05, 0) is 29.8 Å². The summed E-state index contributed by atoms with van der Waals surface area (Å²) in [4.78, 5) is 13.6. The van der Waals surface area contributed by atoms with Crippen molar-refractivity contribution < 1.29 is 8.42 Å². The molecule has 0 amide bonds. The summed E-state index contributed by atoms with van der Waals surface area (Å²) < 4.78 is 36.2. The first-order valence-corrected chi connectivity index (χ1v) is 11.5. The highest BCUT2D eigenvalue weighted by Gasteiger charge is 2.22. The zero-order chi connectivity index (χ0) is 18.1. The minimum Gasteiger partial charge on any atom is -0.247 e. The smallest absolute Gasteiger partial charge is 0.247 e. The SMILES string of the molecule is CSc1nc(NS(=O)(=O)c2cccc3nsnc23)nc(-c2cccs2)n1. The Labute approximate surface area is 161 Å².